The number of thioether (sulfide) groups is 1. The van der Waals surface area contributed by atoms with Crippen molar-refractivity contribution < 1.29 is 4.92 Å². The fourth-order valence-electron chi connectivity index (χ4n) is 1.77. The van der Waals surface area contributed by atoms with Crippen LogP contribution in [0.2, 0.25) is 0 Å². The third kappa shape index (κ3) is 3.45. The van der Waals surface area contributed by atoms with Crippen LogP contribution in [-0.2, 0) is 5.75 Å². The summed E-state index contributed by atoms with van der Waals surface area (Å²) >= 11 is 1.48. The molecule has 1 aromatic heterocycles. The molecule has 1 aromatic carbocycles. The van der Waals surface area contributed by atoms with Crippen LogP contribution in [0.4, 0.5) is 11.4 Å². The average Bonchev–Trinajstić information content (AvgIpc) is 2.35. The van der Waals surface area contributed by atoms with Crippen molar-refractivity contribution in [3.8, 4) is 0 Å². The average molecular weight is 290 g/mol. The van der Waals surface area contributed by atoms with Crippen molar-refractivity contribution >= 4 is 23.1 Å². The molecule has 0 aliphatic heterocycles. The van der Waals surface area contributed by atoms with Crippen LogP contribution in [0, 0.1) is 24.0 Å². The van der Waals surface area contributed by atoms with Crippen LogP contribution in [0.5, 0.6) is 0 Å². The molecule has 0 spiro atoms. The number of rotatable bonds is 4. The Morgan fingerprint density at radius 1 is 1.25 bits per heavy atom. The van der Waals surface area contributed by atoms with Gasteiger partial charge in [0.05, 0.1) is 4.92 Å². The first kappa shape index (κ1) is 14.3. The van der Waals surface area contributed by atoms with Crippen LogP contribution in [0.15, 0.2) is 29.4 Å². The van der Waals surface area contributed by atoms with Crippen molar-refractivity contribution in [1.82, 2.24) is 9.97 Å². The van der Waals surface area contributed by atoms with Gasteiger partial charge in [0.2, 0.25) is 0 Å². The fraction of sp³-hybridized carbons (Fsp3) is 0.231. The van der Waals surface area contributed by atoms with Crippen molar-refractivity contribution in [2.75, 3.05) is 5.73 Å². The zero-order valence-electron chi connectivity index (χ0n) is 11.2. The summed E-state index contributed by atoms with van der Waals surface area (Å²) in [5.74, 6) is 0.616. The summed E-state index contributed by atoms with van der Waals surface area (Å²) in [4.78, 5) is 18.9. The Bertz CT molecular complexity index is 641. The molecule has 0 saturated heterocycles. The van der Waals surface area contributed by atoms with Crippen LogP contribution in [0.3, 0.4) is 0 Å². The van der Waals surface area contributed by atoms with E-state index in [9.17, 15) is 10.1 Å². The van der Waals surface area contributed by atoms with Crippen molar-refractivity contribution in [3.05, 3.63) is 51.3 Å². The van der Waals surface area contributed by atoms with E-state index >= 15 is 0 Å². The Balaban J connectivity index is 2.11. The van der Waals surface area contributed by atoms with Gasteiger partial charge in [-0.25, -0.2) is 9.97 Å². The molecular weight excluding hydrogens is 276 g/mol. The smallest absolute Gasteiger partial charge is 0.292 e. The third-order valence-electron chi connectivity index (χ3n) is 2.62. The molecule has 7 heteroatoms. The maximum absolute atomic E-state index is 10.7. The van der Waals surface area contributed by atoms with E-state index < -0.39 is 4.92 Å². The standard InChI is InChI=1S/C13H14N4O2S/c1-8-5-9(2)16-13(15-8)20-7-10-3-4-12(17(18)19)11(14)6-10/h3-6H,7,14H2,1-2H3. The molecule has 6 nitrogen and oxygen atoms in total. The lowest BCUT2D eigenvalue weighted by Gasteiger charge is -2.04. The Morgan fingerprint density at radius 3 is 2.45 bits per heavy atom. The van der Waals surface area contributed by atoms with Gasteiger partial charge in [-0.2, -0.15) is 0 Å². The minimum atomic E-state index is -0.487. The lowest BCUT2D eigenvalue weighted by atomic mass is 10.2. The van der Waals surface area contributed by atoms with E-state index in [1.54, 1.807) is 12.1 Å². The zero-order valence-corrected chi connectivity index (χ0v) is 12.0. The number of aryl methyl sites for hydroxylation is 2. The van der Waals surface area contributed by atoms with Gasteiger partial charge in [0.1, 0.15) is 5.69 Å². The molecule has 0 radical (unpaired) electrons. The molecule has 0 atom stereocenters. The number of nitro groups is 1. The Kier molecular flexibility index (Phi) is 4.19. The Morgan fingerprint density at radius 2 is 1.90 bits per heavy atom. The number of benzene rings is 1. The number of hydrogen-bond donors (Lipinski definition) is 1. The van der Waals surface area contributed by atoms with Gasteiger partial charge in [-0.1, -0.05) is 17.8 Å². The van der Waals surface area contributed by atoms with E-state index in [0.29, 0.717) is 10.9 Å². The Hall–Kier alpha value is -2.15. The summed E-state index contributed by atoms with van der Waals surface area (Å²) in [6.07, 6.45) is 0. The van der Waals surface area contributed by atoms with Gasteiger partial charge in [0.25, 0.3) is 5.69 Å². The van der Waals surface area contributed by atoms with Gasteiger partial charge in [0.15, 0.2) is 5.16 Å². The van der Waals surface area contributed by atoms with Gasteiger partial charge in [-0.3, -0.25) is 10.1 Å². The molecule has 1 heterocycles. The van der Waals surface area contributed by atoms with Gasteiger partial charge >= 0.3 is 0 Å². The Labute approximate surface area is 120 Å². The summed E-state index contributed by atoms with van der Waals surface area (Å²) in [6, 6.07) is 6.65. The van der Waals surface area contributed by atoms with Gasteiger partial charge in [-0.05, 0) is 31.5 Å². The van der Waals surface area contributed by atoms with Crippen LogP contribution in [0.1, 0.15) is 17.0 Å². The first-order valence-corrected chi connectivity index (χ1v) is 6.92. The molecule has 104 valence electrons. The molecule has 0 bridgehead atoms. The third-order valence-corrected chi connectivity index (χ3v) is 3.54. The predicted octanol–water partition coefficient (Wildman–Crippen LogP) is 2.88. The maximum atomic E-state index is 10.7. The number of hydrogen-bond acceptors (Lipinski definition) is 6. The van der Waals surface area contributed by atoms with E-state index in [1.165, 1.54) is 17.8 Å². The van der Waals surface area contributed by atoms with Crippen molar-refractivity contribution in [2.45, 2.75) is 24.8 Å². The van der Waals surface area contributed by atoms with E-state index in [2.05, 4.69) is 9.97 Å². The highest BCUT2D eigenvalue weighted by molar-refractivity contribution is 7.98. The number of nitrogens with zero attached hydrogens (tertiary/aromatic N) is 3. The molecule has 0 unspecified atom stereocenters. The molecular formula is C13H14N4O2S. The molecule has 0 aliphatic rings. The van der Waals surface area contributed by atoms with Crippen LogP contribution in [0.25, 0.3) is 0 Å². The minimum Gasteiger partial charge on any atom is -0.393 e. The van der Waals surface area contributed by atoms with Gasteiger partial charge < -0.3 is 5.73 Å². The van der Waals surface area contributed by atoms with Crippen LogP contribution < -0.4 is 5.73 Å². The zero-order chi connectivity index (χ0) is 14.7. The summed E-state index contributed by atoms with van der Waals surface area (Å²) in [7, 11) is 0. The molecule has 20 heavy (non-hydrogen) atoms. The number of nitrogens with two attached hydrogens (primary N) is 1. The maximum Gasteiger partial charge on any atom is 0.292 e. The van der Waals surface area contributed by atoms with E-state index in [-0.39, 0.29) is 11.4 Å². The first-order valence-electron chi connectivity index (χ1n) is 5.93. The molecule has 0 saturated carbocycles. The number of anilines is 1. The van der Waals surface area contributed by atoms with Crippen molar-refractivity contribution in [1.29, 1.82) is 0 Å². The van der Waals surface area contributed by atoms with Gasteiger partial charge in [0, 0.05) is 23.2 Å². The summed E-state index contributed by atoms with van der Waals surface area (Å²) in [6.45, 7) is 3.84. The SMILES string of the molecule is Cc1cc(C)nc(SCc2ccc([N+](=O)[O-])c(N)c2)n1. The van der Waals surface area contributed by atoms with Crippen molar-refractivity contribution in [2.24, 2.45) is 0 Å². The predicted molar refractivity (Wildman–Crippen MR) is 78.6 cm³/mol. The molecule has 0 amide bonds. The molecule has 0 aliphatic carbocycles. The minimum absolute atomic E-state index is 0.0681. The molecule has 0 fully saturated rings. The normalized spacial score (nSPS) is 10.5. The summed E-state index contributed by atoms with van der Waals surface area (Å²) in [5.41, 5.74) is 8.51. The lowest BCUT2D eigenvalue weighted by Crippen LogP contribution is -1.97. The number of aromatic nitrogens is 2. The number of nitro benzene ring substituents is 1. The largest absolute Gasteiger partial charge is 0.393 e. The highest BCUT2D eigenvalue weighted by Crippen LogP contribution is 2.26. The topological polar surface area (TPSA) is 94.9 Å². The quantitative estimate of drug-likeness (QED) is 0.306. The molecule has 2 rings (SSSR count). The first-order chi connectivity index (χ1) is 9.45. The number of nitrogen functional groups attached to an aromatic ring is 1. The second-order valence-electron chi connectivity index (χ2n) is 4.37. The fourth-order valence-corrected chi connectivity index (χ4v) is 2.66. The highest BCUT2D eigenvalue weighted by Gasteiger charge is 2.11. The van der Waals surface area contributed by atoms with E-state index in [1.807, 2.05) is 19.9 Å². The van der Waals surface area contributed by atoms with E-state index in [0.717, 1.165) is 17.0 Å². The van der Waals surface area contributed by atoms with Crippen LogP contribution >= 0.6 is 11.8 Å². The van der Waals surface area contributed by atoms with Gasteiger partial charge in [-0.15, -0.1) is 0 Å². The van der Waals surface area contributed by atoms with E-state index in [4.69, 9.17) is 5.73 Å². The summed E-state index contributed by atoms with van der Waals surface area (Å²) in [5, 5.41) is 11.4. The highest BCUT2D eigenvalue weighted by atomic mass is 32.2. The van der Waals surface area contributed by atoms with Crippen LogP contribution in [-0.4, -0.2) is 14.9 Å². The second-order valence-corrected chi connectivity index (χ2v) is 5.31. The molecule has 2 aromatic rings. The lowest BCUT2D eigenvalue weighted by molar-refractivity contribution is -0.383. The monoisotopic (exact) mass is 290 g/mol. The summed E-state index contributed by atoms with van der Waals surface area (Å²) < 4.78 is 0. The van der Waals surface area contributed by atoms with Crippen molar-refractivity contribution in [3.63, 3.8) is 0 Å². The second kappa shape index (κ2) is 5.87. The molecule has 2 N–H and O–H groups in total.